The Morgan fingerprint density at radius 2 is 1.83 bits per heavy atom. The lowest BCUT2D eigenvalue weighted by atomic mass is 9.78. The quantitative estimate of drug-likeness (QED) is 0.644. The monoisotopic (exact) mass is 320 g/mol. The Hall–Kier alpha value is -1.63. The zero-order chi connectivity index (χ0) is 16.9. The van der Waals surface area contributed by atoms with Crippen LogP contribution in [0.5, 0.6) is 0 Å². The third-order valence-electron chi connectivity index (χ3n) is 7.01. The highest BCUT2D eigenvalue weighted by Crippen LogP contribution is 2.67. The number of rotatable bonds is 5. The van der Waals surface area contributed by atoms with Gasteiger partial charge in [-0.1, -0.05) is 45.4 Å². The van der Waals surface area contributed by atoms with Crippen LogP contribution in [-0.4, -0.2) is 0 Å². The highest BCUT2D eigenvalue weighted by molar-refractivity contribution is 5.71. The highest BCUT2D eigenvalue weighted by atomic mass is 15.2. The molecule has 1 fully saturated rings. The van der Waals surface area contributed by atoms with Crippen LogP contribution in [0.4, 0.5) is 0 Å². The van der Waals surface area contributed by atoms with Gasteiger partial charge in [0.15, 0.2) is 11.7 Å². The fourth-order valence-corrected chi connectivity index (χ4v) is 5.53. The van der Waals surface area contributed by atoms with Crippen molar-refractivity contribution in [2.75, 3.05) is 0 Å². The fourth-order valence-electron chi connectivity index (χ4n) is 5.53. The van der Waals surface area contributed by atoms with Crippen LogP contribution in [0.3, 0.4) is 0 Å². The van der Waals surface area contributed by atoms with Gasteiger partial charge in [-0.15, -0.1) is 0 Å². The van der Waals surface area contributed by atoms with Gasteiger partial charge in [-0.25, -0.2) is 0 Å². The molecule has 0 spiro atoms. The first-order chi connectivity index (χ1) is 11.6. The van der Waals surface area contributed by atoms with Crippen LogP contribution >= 0.6 is 0 Å². The summed E-state index contributed by atoms with van der Waals surface area (Å²) in [6.45, 7) is 9.38. The van der Waals surface area contributed by atoms with Crippen LogP contribution < -0.4 is 4.57 Å². The second-order valence-corrected chi connectivity index (χ2v) is 7.83. The molecule has 1 nitrogen and oxygen atoms in total. The van der Waals surface area contributed by atoms with Crippen LogP contribution in [0, 0.1) is 6.92 Å². The Morgan fingerprint density at radius 3 is 2.54 bits per heavy atom. The third-order valence-corrected chi connectivity index (χ3v) is 7.01. The van der Waals surface area contributed by atoms with Gasteiger partial charge in [-0.05, 0) is 43.4 Å². The topological polar surface area (TPSA) is 3.88 Å². The summed E-state index contributed by atoms with van der Waals surface area (Å²) >= 11 is 0. The van der Waals surface area contributed by atoms with Gasteiger partial charge in [0.2, 0.25) is 5.69 Å². The summed E-state index contributed by atoms with van der Waals surface area (Å²) in [5.41, 5.74) is 8.27. The summed E-state index contributed by atoms with van der Waals surface area (Å²) in [6.07, 6.45) is 9.92. The Labute approximate surface area is 146 Å². The van der Waals surface area contributed by atoms with E-state index in [1.807, 2.05) is 0 Å². The molecule has 0 bridgehead atoms. The molecule has 2 aliphatic rings. The molecule has 0 N–H and O–H groups in total. The first-order valence-electron chi connectivity index (χ1n) is 9.79. The molecule has 4 rings (SSSR count). The molecule has 1 aromatic heterocycles. The van der Waals surface area contributed by atoms with Gasteiger partial charge in [-0.2, -0.15) is 4.57 Å². The minimum atomic E-state index is 0.305. The Bertz CT molecular complexity index is 791. The van der Waals surface area contributed by atoms with E-state index in [4.69, 9.17) is 0 Å². The van der Waals surface area contributed by atoms with Crippen LogP contribution in [0.2, 0.25) is 0 Å². The van der Waals surface area contributed by atoms with Crippen molar-refractivity contribution >= 4 is 0 Å². The van der Waals surface area contributed by atoms with E-state index in [0.717, 1.165) is 0 Å². The molecule has 2 aromatic rings. The minimum absolute atomic E-state index is 0.305. The molecule has 2 heterocycles. The third kappa shape index (κ3) is 1.79. The zero-order valence-electron chi connectivity index (χ0n) is 15.7. The van der Waals surface area contributed by atoms with Gasteiger partial charge in [0.05, 0.1) is 11.0 Å². The van der Waals surface area contributed by atoms with Crippen molar-refractivity contribution < 1.29 is 4.57 Å². The standard InChI is InChI=1S/C23H30N/c1-5-8-11-18-14-15-24-21(17(18)4)19-12-9-10-13-20(19)22(6-2)16-23(22,24)7-3/h9-10,12-15H,5-8,11,16H2,1-4H3/q+1. The molecule has 1 heteroatoms. The lowest BCUT2D eigenvalue weighted by Crippen LogP contribution is -2.55. The summed E-state index contributed by atoms with van der Waals surface area (Å²) in [4.78, 5) is 0. The van der Waals surface area contributed by atoms with Crippen molar-refractivity contribution in [1.82, 2.24) is 0 Å². The van der Waals surface area contributed by atoms with Crippen molar-refractivity contribution in [1.29, 1.82) is 0 Å². The summed E-state index contributed by atoms with van der Waals surface area (Å²) in [7, 11) is 0. The van der Waals surface area contributed by atoms with Gasteiger partial charge >= 0.3 is 0 Å². The molecule has 2 atom stereocenters. The van der Waals surface area contributed by atoms with Crippen LogP contribution in [0.25, 0.3) is 11.3 Å². The van der Waals surface area contributed by atoms with Gasteiger partial charge < -0.3 is 0 Å². The van der Waals surface area contributed by atoms with Gasteiger partial charge in [0, 0.05) is 24.5 Å². The van der Waals surface area contributed by atoms with E-state index in [-0.39, 0.29) is 0 Å². The number of fused-ring (bicyclic) bond motifs is 6. The molecular formula is C23H30N+. The van der Waals surface area contributed by atoms with E-state index in [0.29, 0.717) is 11.0 Å². The number of hydrogen-bond acceptors (Lipinski definition) is 0. The maximum atomic E-state index is 2.66. The van der Waals surface area contributed by atoms with E-state index in [9.17, 15) is 0 Å². The van der Waals surface area contributed by atoms with Gasteiger partial charge in [0.1, 0.15) is 0 Å². The minimum Gasteiger partial charge on any atom is -0.192 e. The summed E-state index contributed by atoms with van der Waals surface area (Å²) in [6, 6.07) is 11.6. The van der Waals surface area contributed by atoms with E-state index in [1.54, 1.807) is 5.56 Å². The number of pyridine rings is 1. The summed E-state index contributed by atoms with van der Waals surface area (Å²) in [5.74, 6) is 0. The average Bonchev–Trinajstić information content (AvgIpc) is 3.32. The van der Waals surface area contributed by atoms with E-state index >= 15 is 0 Å². The molecule has 1 aromatic carbocycles. The van der Waals surface area contributed by atoms with E-state index < -0.39 is 0 Å². The maximum Gasteiger partial charge on any atom is 0.216 e. The lowest BCUT2D eigenvalue weighted by molar-refractivity contribution is -0.736. The average molecular weight is 321 g/mol. The normalized spacial score (nSPS) is 26.5. The number of benzene rings is 1. The molecule has 0 amide bonds. The van der Waals surface area contributed by atoms with Crippen molar-refractivity contribution in [2.45, 2.75) is 77.2 Å². The highest BCUT2D eigenvalue weighted by Gasteiger charge is 2.76. The second kappa shape index (κ2) is 5.44. The zero-order valence-corrected chi connectivity index (χ0v) is 15.7. The number of unbranched alkanes of at least 4 members (excludes halogenated alkanes) is 1. The molecule has 126 valence electrons. The largest absolute Gasteiger partial charge is 0.216 e. The number of hydrogen-bond donors (Lipinski definition) is 0. The van der Waals surface area contributed by atoms with E-state index in [2.05, 4.69) is 68.8 Å². The van der Waals surface area contributed by atoms with Gasteiger partial charge in [0.25, 0.3) is 0 Å². The van der Waals surface area contributed by atoms with Gasteiger partial charge in [-0.3, -0.25) is 0 Å². The molecule has 0 radical (unpaired) electrons. The molecule has 1 aliphatic heterocycles. The number of nitrogens with zero attached hydrogens (tertiary/aromatic N) is 1. The summed E-state index contributed by atoms with van der Waals surface area (Å²) in [5, 5.41) is 0. The van der Waals surface area contributed by atoms with E-state index in [1.165, 1.54) is 60.9 Å². The van der Waals surface area contributed by atoms with Crippen molar-refractivity contribution in [3.63, 3.8) is 0 Å². The Balaban J connectivity index is 1.98. The first-order valence-corrected chi connectivity index (χ1v) is 9.79. The molecule has 1 saturated carbocycles. The number of aryl methyl sites for hydroxylation is 1. The van der Waals surface area contributed by atoms with Crippen molar-refractivity contribution in [3.05, 3.63) is 53.2 Å². The Kier molecular flexibility index (Phi) is 3.60. The summed E-state index contributed by atoms with van der Waals surface area (Å²) < 4.78 is 2.66. The van der Waals surface area contributed by atoms with Crippen molar-refractivity contribution in [2.24, 2.45) is 0 Å². The lowest BCUT2D eigenvalue weighted by Gasteiger charge is -2.30. The predicted molar refractivity (Wildman–Crippen MR) is 100 cm³/mol. The fraction of sp³-hybridized carbons (Fsp3) is 0.522. The SMILES string of the molecule is CCCCc1cc[n+]2c(c1C)-c1ccccc1C1(CC)CC21CC. The van der Waals surface area contributed by atoms with Crippen LogP contribution in [0.15, 0.2) is 36.5 Å². The smallest absolute Gasteiger partial charge is 0.192 e. The maximum absolute atomic E-state index is 2.66. The first kappa shape index (κ1) is 15.9. The van der Waals surface area contributed by atoms with Crippen LogP contribution in [0.1, 0.15) is 69.6 Å². The molecule has 24 heavy (non-hydrogen) atoms. The van der Waals surface area contributed by atoms with Crippen molar-refractivity contribution in [3.8, 4) is 11.3 Å². The molecule has 1 aliphatic carbocycles. The molecule has 2 unspecified atom stereocenters. The number of aromatic nitrogens is 1. The predicted octanol–water partition coefficient (Wildman–Crippen LogP) is 5.46. The second-order valence-electron chi connectivity index (χ2n) is 7.83. The molecule has 0 saturated heterocycles. The molecular weight excluding hydrogens is 290 g/mol. The Morgan fingerprint density at radius 1 is 1.04 bits per heavy atom. The van der Waals surface area contributed by atoms with Crippen LogP contribution in [-0.2, 0) is 17.4 Å².